The summed E-state index contributed by atoms with van der Waals surface area (Å²) in [6.07, 6.45) is -20.7. The third-order valence-corrected chi connectivity index (χ3v) is 13.0. The van der Waals surface area contributed by atoms with Crippen molar-refractivity contribution in [2.45, 2.75) is 155 Å². The van der Waals surface area contributed by atoms with Crippen molar-refractivity contribution in [1.29, 1.82) is 0 Å². The number of rotatable bonds is 20. The Morgan fingerprint density at radius 1 is 0.446 bits per heavy atom. The summed E-state index contributed by atoms with van der Waals surface area (Å²) in [6, 6.07) is 23.5. The second-order valence-corrected chi connectivity index (χ2v) is 19.5. The van der Waals surface area contributed by atoms with Crippen LogP contribution < -0.4 is 18.9 Å². The smallest absolute Gasteiger partial charge is 0.308 e. The summed E-state index contributed by atoms with van der Waals surface area (Å²) >= 11 is 0. The highest BCUT2D eigenvalue weighted by Crippen LogP contribution is 2.60. The van der Waals surface area contributed by atoms with Crippen LogP contribution in [0, 0.1) is 0 Å². The average molecular weight is 1160 g/mol. The molecule has 4 aromatic carbocycles. The lowest BCUT2D eigenvalue weighted by molar-refractivity contribution is -0.256. The molecule has 0 aromatic heterocycles. The molecule has 0 aliphatic carbocycles. The first-order valence-electron chi connectivity index (χ1n) is 26.3. The predicted molar refractivity (Wildman–Crippen MR) is 281 cm³/mol. The molecule has 4 aromatic rings. The van der Waals surface area contributed by atoms with Crippen molar-refractivity contribution in [2.75, 3.05) is 13.2 Å². The van der Waals surface area contributed by atoms with Crippen molar-refractivity contribution in [1.82, 2.24) is 0 Å². The first-order valence-corrected chi connectivity index (χ1v) is 26.3. The molecule has 3 aliphatic heterocycles. The van der Waals surface area contributed by atoms with E-state index in [0.717, 1.165) is 55.4 Å². The number of benzene rings is 4. The van der Waals surface area contributed by atoms with Crippen LogP contribution in [0.4, 0.5) is 0 Å². The van der Waals surface area contributed by atoms with Gasteiger partial charge in [0.25, 0.3) is 0 Å². The van der Waals surface area contributed by atoms with Crippen LogP contribution in [-0.2, 0) is 104 Å². The minimum atomic E-state index is -1.89. The molecule has 1 N–H and O–H groups in total. The third kappa shape index (κ3) is 15.9. The molecular weight excluding hydrogens is 1090 g/mol. The van der Waals surface area contributed by atoms with Crippen molar-refractivity contribution in [2.24, 2.45) is 0 Å². The largest absolute Gasteiger partial charge is 0.488 e. The quantitative estimate of drug-likeness (QED) is 0.0609. The number of fused-ring (bicyclic) bond motifs is 1. The Hall–Kier alpha value is -8.61. The molecule has 0 spiro atoms. The van der Waals surface area contributed by atoms with Gasteiger partial charge >= 0.3 is 53.7 Å². The maximum Gasteiger partial charge on any atom is 0.308 e. The Balaban J connectivity index is 1.68. The highest BCUT2D eigenvalue weighted by molar-refractivity contribution is 5.73. The summed E-state index contributed by atoms with van der Waals surface area (Å²) in [6.45, 7) is 7.66. The van der Waals surface area contributed by atoms with E-state index in [1.807, 2.05) is 0 Å². The molecule has 3 heterocycles. The number of ether oxygens (including phenoxy) is 14. The molecule has 3 aliphatic rings. The van der Waals surface area contributed by atoms with Gasteiger partial charge in [-0.2, -0.15) is 0 Å². The van der Waals surface area contributed by atoms with E-state index in [1.54, 1.807) is 72.8 Å². The fraction of sp³-hybridized carbons (Fsp3) is 0.441. The van der Waals surface area contributed by atoms with Gasteiger partial charge in [0.1, 0.15) is 79.9 Å². The molecule has 24 nitrogen and oxygen atoms in total. The first-order chi connectivity index (χ1) is 39.5. The molecule has 2 saturated heterocycles. The summed E-state index contributed by atoms with van der Waals surface area (Å²) in [4.78, 5) is 117. The van der Waals surface area contributed by atoms with Crippen molar-refractivity contribution < 1.29 is 115 Å². The highest BCUT2D eigenvalue weighted by atomic mass is 16.7. The van der Waals surface area contributed by atoms with Crippen molar-refractivity contribution in [3.05, 3.63) is 118 Å². The van der Waals surface area contributed by atoms with Crippen molar-refractivity contribution in [3.63, 3.8) is 0 Å². The van der Waals surface area contributed by atoms with E-state index in [1.165, 1.54) is 19.1 Å². The molecule has 2 fully saturated rings. The zero-order valence-corrected chi connectivity index (χ0v) is 46.9. The molecule has 7 rings (SSSR count). The molecule has 12 atom stereocenters. The number of hydrogen-bond donors (Lipinski definition) is 1. The van der Waals surface area contributed by atoms with Gasteiger partial charge in [-0.15, -0.1) is 0 Å². The number of carbonyl (C=O) groups excluding carboxylic acids is 9. The van der Waals surface area contributed by atoms with Gasteiger partial charge in [-0.3, -0.25) is 43.2 Å². The molecule has 83 heavy (non-hydrogen) atoms. The van der Waals surface area contributed by atoms with E-state index in [0.29, 0.717) is 16.7 Å². The zero-order chi connectivity index (χ0) is 60.2. The van der Waals surface area contributed by atoms with Gasteiger partial charge in [0.2, 0.25) is 0 Å². The minimum Gasteiger partial charge on any atom is -0.488 e. The molecule has 24 heteroatoms. The minimum absolute atomic E-state index is 0.175. The summed E-state index contributed by atoms with van der Waals surface area (Å²) in [5.41, 5.74) is 0.794. The van der Waals surface area contributed by atoms with E-state index in [2.05, 4.69) is 0 Å². The van der Waals surface area contributed by atoms with E-state index in [-0.39, 0.29) is 59.3 Å². The second kappa shape index (κ2) is 27.9. The van der Waals surface area contributed by atoms with E-state index >= 15 is 0 Å². The first kappa shape index (κ1) is 62.0. The maximum atomic E-state index is 13.6. The molecule has 0 saturated carbocycles. The van der Waals surface area contributed by atoms with Crippen LogP contribution >= 0.6 is 0 Å². The molecule has 444 valence electrons. The van der Waals surface area contributed by atoms with Crippen molar-refractivity contribution in [3.8, 4) is 23.0 Å². The third-order valence-electron chi connectivity index (χ3n) is 13.0. The van der Waals surface area contributed by atoms with E-state index < -0.39 is 140 Å². The number of carbonyl (C=O) groups is 9. The standard InChI is InChI=1S/C59H64O24/c1-29(60)70-27-44-49(75-32(4)63)56(77-34(6)65)58(79-36(8)67)54(82-44)47-51(72-25-38-16-12-10-13-17-38)46-42(69)24-43(40-20-22-41(23-21-40)74-31(3)62)81-53(46)48(52(47)73-26-39-18-14-11-15-19-39)55-59(80-37(9)68)57(78-35(7)66)50(76-33(5)64)45(83-55)28-71-30(2)61/h10-23,42-45,49-50,54-59,69H,24-28H2,1-9H3/t42?,43?,44-,45-,49-,50-,54+,55+,56+,57+,58+,59+/m1/s1. The summed E-state index contributed by atoms with van der Waals surface area (Å²) in [7, 11) is 0. The van der Waals surface area contributed by atoms with Gasteiger partial charge in [-0.1, -0.05) is 72.8 Å². The number of aliphatic hydroxyl groups is 1. The molecular formula is C59H64O24. The monoisotopic (exact) mass is 1160 g/mol. The van der Waals surface area contributed by atoms with Crippen LogP contribution in [0.25, 0.3) is 0 Å². The number of hydrogen-bond acceptors (Lipinski definition) is 24. The predicted octanol–water partition coefficient (Wildman–Crippen LogP) is 5.92. The zero-order valence-electron chi connectivity index (χ0n) is 46.9. The second-order valence-electron chi connectivity index (χ2n) is 19.5. The summed E-state index contributed by atoms with van der Waals surface area (Å²) in [5.74, 6) is -8.70. The highest BCUT2D eigenvalue weighted by Gasteiger charge is 2.58. The van der Waals surface area contributed by atoms with Crippen LogP contribution in [-0.4, -0.2) is 121 Å². The summed E-state index contributed by atoms with van der Waals surface area (Å²) < 4.78 is 86.6. The van der Waals surface area contributed by atoms with Crippen molar-refractivity contribution >= 4 is 53.7 Å². The molecule has 0 amide bonds. The van der Waals surface area contributed by atoms with Gasteiger partial charge in [-0.25, -0.2) is 0 Å². The lowest BCUT2D eigenvalue weighted by Gasteiger charge is -2.47. The van der Waals surface area contributed by atoms with E-state index in [9.17, 15) is 48.3 Å². The topological polar surface area (TPSA) is 303 Å². The van der Waals surface area contributed by atoms with Gasteiger partial charge in [0.05, 0.1) is 22.8 Å². The van der Waals surface area contributed by atoms with E-state index in [4.69, 9.17) is 66.3 Å². The molecule has 0 bridgehead atoms. The SMILES string of the molecule is CC(=O)OC[C@H]1O[C@@H](c2c(OCc3ccccc3)c3c(c([C@@H]4O[C@H](COC(C)=O)[C@@H](OC(C)=O)[C@H](OC(C)=O)[C@H]4OC(C)=O)c2OCc2ccccc2)OC(c2ccc(OC(C)=O)cc2)CC3O)[C@H](OC(C)=O)[C@@H](OC(C)=O)[C@@H]1OC(C)=O. The maximum absolute atomic E-state index is 13.6. The van der Waals surface area contributed by atoms with Crippen LogP contribution in [0.1, 0.15) is 127 Å². The number of esters is 9. The van der Waals surface area contributed by atoms with Gasteiger partial charge in [-0.05, 0) is 28.8 Å². The normalized spacial score (nSPS) is 24.4. The summed E-state index contributed by atoms with van der Waals surface area (Å²) in [5, 5.41) is 13.0. The fourth-order valence-corrected chi connectivity index (χ4v) is 10.0. The van der Waals surface area contributed by atoms with Gasteiger partial charge < -0.3 is 71.4 Å². The Labute approximate surface area is 476 Å². The van der Waals surface area contributed by atoms with Crippen LogP contribution in [0.2, 0.25) is 0 Å². The van der Waals surface area contributed by atoms with Crippen LogP contribution in [0.5, 0.6) is 23.0 Å². The van der Waals surface area contributed by atoms with Crippen LogP contribution in [0.15, 0.2) is 84.9 Å². The lowest BCUT2D eigenvalue weighted by Crippen LogP contribution is -2.60. The fourth-order valence-electron chi connectivity index (χ4n) is 10.0. The lowest BCUT2D eigenvalue weighted by atomic mass is 9.81. The van der Waals surface area contributed by atoms with Gasteiger partial charge in [0.15, 0.2) is 36.6 Å². The van der Waals surface area contributed by atoms with Gasteiger partial charge in [0, 0.05) is 68.7 Å². The Morgan fingerprint density at radius 2 is 0.831 bits per heavy atom. The average Bonchev–Trinajstić information content (AvgIpc) is 1.60. The van der Waals surface area contributed by atoms with Crippen LogP contribution in [0.3, 0.4) is 0 Å². The Morgan fingerprint density at radius 3 is 1.23 bits per heavy atom. The Kier molecular flexibility index (Phi) is 20.8. The number of aliphatic hydroxyl groups excluding tert-OH is 1. The molecule has 2 unspecified atom stereocenters. The Bertz CT molecular complexity index is 3020. The molecule has 0 radical (unpaired) electrons.